The number of hydrogen-bond donors (Lipinski definition) is 1. The van der Waals surface area contributed by atoms with Crippen LogP contribution in [0.25, 0.3) is 5.69 Å². The summed E-state index contributed by atoms with van der Waals surface area (Å²) in [5, 5.41) is 3.72. The van der Waals surface area contributed by atoms with Crippen molar-refractivity contribution in [3.8, 4) is 5.69 Å². The van der Waals surface area contributed by atoms with Gasteiger partial charge in [-0.1, -0.05) is 30.3 Å². The molecule has 0 atom stereocenters. The fourth-order valence-electron chi connectivity index (χ4n) is 4.32. The third-order valence-electron chi connectivity index (χ3n) is 5.73. The molecule has 0 unspecified atom stereocenters. The summed E-state index contributed by atoms with van der Waals surface area (Å²) >= 11 is 0. The van der Waals surface area contributed by atoms with Crippen LogP contribution in [0.2, 0.25) is 0 Å². The van der Waals surface area contributed by atoms with Crippen LogP contribution in [0.3, 0.4) is 0 Å². The predicted molar refractivity (Wildman–Crippen MR) is 106 cm³/mol. The van der Waals surface area contributed by atoms with Crippen LogP contribution in [0.5, 0.6) is 0 Å². The molecule has 5 nitrogen and oxygen atoms in total. The van der Waals surface area contributed by atoms with Gasteiger partial charge in [-0.2, -0.15) is 4.31 Å². The molecule has 138 valence electrons. The Balaban J connectivity index is 1.46. The quantitative estimate of drug-likeness (QED) is 0.740. The van der Waals surface area contributed by atoms with E-state index < -0.39 is 10.0 Å². The average Bonchev–Trinajstić information content (AvgIpc) is 3.21. The van der Waals surface area contributed by atoms with Gasteiger partial charge in [-0.15, -0.1) is 0 Å². The summed E-state index contributed by atoms with van der Waals surface area (Å²) in [5.74, 6) is 0. The van der Waals surface area contributed by atoms with Crippen molar-refractivity contribution in [2.75, 3.05) is 18.4 Å². The molecule has 0 aliphatic carbocycles. The molecule has 0 saturated carbocycles. The number of sulfonamides is 1. The van der Waals surface area contributed by atoms with Crippen molar-refractivity contribution in [3.05, 3.63) is 78.6 Å². The third-order valence-corrected chi connectivity index (χ3v) is 7.65. The second kappa shape index (κ2) is 5.97. The molecule has 1 saturated heterocycles. The maximum absolute atomic E-state index is 13.0. The monoisotopic (exact) mass is 379 g/mol. The Labute approximate surface area is 159 Å². The van der Waals surface area contributed by atoms with E-state index >= 15 is 0 Å². The zero-order valence-corrected chi connectivity index (χ0v) is 15.7. The highest BCUT2D eigenvalue weighted by atomic mass is 32.2. The van der Waals surface area contributed by atoms with Gasteiger partial charge in [0.25, 0.3) is 0 Å². The van der Waals surface area contributed by atoms with Crippen LogP contribution in [0.1, 0.15) is 18.5 Å². The summed E-state index contributed by atoms with van der Waals surface area (Å²) in [7, 11) is -3.44. The van der Waals surface area contributed by atoms with Crippen LogP contribution >= 0.6 is 0 Å². The first-order valence-electron chi connectivity index (χ1n) is 9.21. The molecule has 3 aromatic rings. The van der Waals surface area contributed by atoms with Gasteiger partial charge in [0.15, 0.2) is 0 Å². The first-order valence-corrected chi connectivity index (χ1v) is 10.6. The number of fused-ring (bicyclic) bond motifs is 4. The van der Waals surface area contributed by atoms with Crippen molar-refractivity contribution in [2.24, 2.45) is 0 Å². The van der Waals surface area contributed by atoms with E-state index in [4.69, 9.17) is 0 Å². The molecule has 0 radical (unpaired) electrons. The number of aromatic nitrogens is 1. The molecule has 0 bridgehead atoms. The SMILES string of the molecule is O=S(=O)(c1ccccc1)N1CCC2(CC1)Nc1ccccc1-n1cccc12. The summed E-state index contributed by atoms with van der Waals surface area (Å²) in [5.41, 5.74) is 3.21. The minimum atomic E-state index is -3.44. The normalized spacial score (nSPS) is 18.5. The Morgan fingerprint density at radius 2 is 1.56 bits per heavy atom. The van der Waals surface area contributed by atoms with E-state index in [1.807, 2.05) is 18.2 Å². The van der Waals surface area contributed by atoms with E-state index in [1.165, 1.54) is 5.69 Å². The summed E-state index contributed by atoms with van der Waals surface area (Å²) in [6, 6.07) is 21.2. The van der Waals surface area contributed by atoms with Crippen LogP contribution in [0, 0.1) is 0 Å². The van der Waals surface area contributed by atoms with Crippen molar-refractivity contribution >= 4 is 15.7 Å². The number of anilines is 1. The molecule has 6 heteroatoms. The molecule has 2 aliphatic heterocycles. The largest absolute Gasteiger partial charge is 0.372 e. The van der Waals surface area contributed by atoms with Crippen LogP contribution in [0.4, 0.5) is 5.69 Å². The number of hydrogen-bond acceptors (Lipinski definition) is 3. The maximum atomic E-state index is 13.0. The van der Waals surface area contributed by atoms with Gasteiger partial charge < -0.3 is 9.88 Å². The number of benzene rings is 2. The molecule has 3 heterocycles. The average molecular weight is 379 g/mol. The Bertz CT molecular complexity index is 1080. The van der Waals surface area contributed by atoms with Crippen molar-refractivity contribution in [2.45, 2.75) is 23.3 Å². The highest BCUT2D eigenvalue weighted by Gasteiger charge is 2.43. The fraction of sp³-hybridized carbons (Fsp3) is 0.238. The lowest BCUT2D eigenvalue weighted by atomic mass is 9.83. The van der Waals surface area contributed by atoms with E-state index in [2.05, 4.69) is 40.3 Å². The third kappa shape index (κ3) is 2.51. The van der Waals surface area contributed by atoms with E-state index in [9.17, 15) is 8.42 Å². The fourth-order valence-corrected chi connectivity index (χ4v) is 5.79. The highest BCUT2D eigenvalue weighted by Crippen LogP contribution is 2.43. The molecule has 0 amide bonds. The lowest BCUT2D eigenvalue weighted by molar-refractivity contribution is 0.247. The topological polar surface area (TPSA) is 54.3 Å². The van der Waals surface area contributed by atoms with E-state index in [0.717, 1.165) is 24.2 Å². The lowest BCUT2D eigenvalue weighted by Gasteiger charge is -2.45. The first-order chi connectivity index (χ1) is 13.1. The second-order valence-electron chi connectivity index (χ2n) is 7.20. The number of para-hydroxylation sites is 2. The second-order valence-corrected chi connectivity index (χ2v) is 9.14. The van der Waals surface area contributed by atoms with Gasteiger partial charge in [-0.25, -0.2) is 8.42 Å². The molecular formula is C21H21N3O2S. The molecule has 1 aromatic heterocycles. The van der Waals surface area contributed by atoms with Gasteiger partial charge in [0.05, 0.1) is 21.8 Å². The van der Waals surface area contributed by atoms with Gasteiger partial charge in [0, 0.05) is 25.0 Å². The highest BCUT2D eigenvalue weighted by molar-refractivity contribution is 7.89. The molecule has 1 spiro atoms. The maximum Gasteiger partial charge on any atom is 0.243 e. The molecule has 1 fully saturated rings. The molecule has 5 rings (SSSR count). The van der Waals surface area contributed by atoms with Crippen LogP contribution < -0.4 is 5.32 Å². The molecular weight excluding hydrogens is 358 g/mol. The molecule has 1 N–H and O–H groups in total. The lowest BCUT2D eigenvalue weighted by Crippen LogP contribution is -2.50. The van der Waals surface area contributed by atoms with Crippen molar-refractivity contribution in [1.29, 1.82) is 0 Å². The minimum Gasteiger partial charge on any atom is -0.372 e. The summed E-state index contributed by atoms with van der Waals surface area (Å²) < 4.78 is 29.7. The summed E-state index contributed by atoms with van der Waals surface area (Å²) in [6.07, 6.45) is 3.55. The number of piperidine rings is 1. The number of nitrogens with zero attached hydrogens (tertiary/aromatic N) is 2. The van der Waals surface area contributed by atoms with E-state index in [1.54, 1.807) is 28.6 Å². The Morgan fingerprint density at radius 1 is 0.852 bits per heavy atom. The smallest absolute Gasteiger partial charge is 0.243 e. The van der Waals surface area contributed by atoms with E-state index in [0.29, 0.717) is 18.0 Å². The van der Waals surface area contributed by atoms with Gasteiger partial charge in [0.1, 0.15) is 0 Å². The van der Waals surface area contributed by atoms with Gasteiger partial charge in [-0.05, 0) is 49.2 Å². The van der Waals surface area contributed by atoms with Crippen molar-refractivity contribution in [3.63, 3.8) is 0 Å². The van der Waals surface area contributed by atoms with Crippen LogP contribution in [0.15, 0.2) is 77.8 Å². The Kier molecular flexibility index (Phi) is 3.67. The zero-order valence-electron chi connectivity index (χ0n) is 14.9. The van der Waals surface area contributed by atoms with Gasteiger partial charge in [-0.3, -0.25) is 0 Å². The summed E-state index contributed by atoms with van der Waals surface area (Å²) in [4.78, 5) is 0.367. The van der Waals surface area contributed by atoms with E-state index in [-0.39, 0.29) is 5.54 Å². The molecule has 2 aliphatic rings. The molecule has 27 heavy (non-hydrogen) atoms. The standard InChI is InChI=1S/C21H21N3O2S/c25-27(26,17-7-2-1-3-8-17)23-15-12-21(13-16-23)20-11-6-14-24(20)19-10-5-4-9-18(19)22-21/h1-11,14,22H,12-13,15-16H2. The number of rotatable bonds is 2. The summed E-state index contributed by atoms with van der Waals surface area (Å²) in [6.45, 7) is 0.995. The Morgan fingerprint density at radius 3 is 2.33 bits per heavy atom. The van der Waals surface area contributed by atoms with Gasteiger partial charge in [0.2, 0.25) is 10.0 Å². The number of nitrogens with one attached hydrogen (secondary N) is 1. The first kappa shape index (κ1) is 16.6. The van der Waals surface area contributed by atoms with Crippen molar-refractivity contribution < 1.29 is 8.42 Å². The van der Waals surface area contributed by atoms with Crippen LogP contribution in [-0.4, -0.2) is 30.4 Å². The van der Waals surface area contributed by atoms with Gasteiger partial charge >= 0.3 is 0 Å². The Hall–Kier alpha value is -2.57. The molecule has 2 aromatic carbocycles. The minimum absolute atomic E-state index is 0.236. The van der Waals surface area contributed by atoms with Crippen LogP contribution in [-0.2, 0) is 15.6 Å². The zero-order chi connectivity index (χ0) is 18.5. The predicted octanol–water partition coefficient (Wildman–Crippen LogP) is 3.58. The van der Waals surface area contributed by atoms with Crippen molar-refractivity contribution in [1.82, 2.24) is 8.87 Å².